The predicted octanol–water partition coefficient (Wildman–Crippen LogP) is 4.54. The minimum Gasteiger partial charge on any atom is -0.491 e. The van der Waals surface area contributed by atoms with Gasteiger partial charge in [-0.1, -0.05) is 29.8 Å². The molecule has 2 rings (SSSR count). The van der Waals surface area contributed by atoms with Crippen molar-refractivity contribution in [1.82, 2.24) is 0 Å². The maximum absolute atomic E-state index is 5.95. The highest BCUT2D eigenvalue weighted by Crippen LogP contribution is 2.26. The van der Waals surface area contributed by atoms with Crippen molar-refractivity contribution in [2.75, 3.05) is 11.1 Å². The van der Waals surface area contributed by atoms with Crippen LogP contribution in [0.5, 0.6) is 5.75 Å². The summed E-state index contributed by atoms with van der Waals surface area (Å²) in [6.45, 7) is 8.24. The Hall–Kier alpha value is -2.16. The summed E-state index contributed by atoms with van der Waals surface area (Å²) in [4.78, 5) is 0. The number of anilines is 2. The lowest BCUT2D eigenvalue weighted by Crippen LogP contribution is -2.09. The van der Waals surface area contributed by atoms with Crippen LogP contribution in [0.1, 0.15) is 37.9 Å². The molecular formula is C18H24N2O. The van der Waals surface area contributed by atoms with E-state index in [9.17, 15) is 0 Å². The first-order valence-electron chi connectivity index (χ1n) is 7.34. The maximum Gasteiger partial charge on any atom is 0.123 e. The number of nitrogens with two attached hydrogens (primary N) is 1. The van der Waals surface area contributed by atoms with Gasteiger partial charge in [-0.25, -0.2) is 0 Å². The lowest BCUT2D eigenvalue weighted by atomic mass is 10.1. The molecule has 0 fully saturated rings. The first-order valence-corrected chi connectivity index (χ1v) is 7.34. The summed E-state index contributed by atoms with van der Waals surface area (Å²) in [5.74, 6) is 0.795. The highest BCUT2D eigenvalue weighted by molar-refractivity contribution is 5.60. The fourth-order valence-corrected chi connectivity index (χ4v) is 2.23. The lowest BCUT2D eigenvalue weighted by Gasteiger charge is -2.18. The molecule has 21 heavy (non-hydrogen) atoms. The van der Waals surface area contributed by atoms with E-state index in [0.717, 1.165) is 11.4 Å². The Bertz CT molecular complexity index is 591. The summed E-state index contributed by atoms with van der Waals surface area (Å²) in [7, 11) is 0. The topological polar surface area (TPSA) is 47.3 Å². The summed E-state index contributed by atoms with van der Waals surface area (Å²) in [5.41, 5.74) is 10.1. The van der Waals surface area contributed by atoms with Gasteiger partial charge in [0, 0.05) is 29.5 Å². The van der Waals surface area contributed by atoms with Crippen molar-refractivity contribution in [2.45, 2.75) is 39.8 Å². The molecule has 0 aliphatic carbocycles. The quantitative estimate of drug-likeness (QED) is 0.793. The van der Waals surface area contributed by atoms with Gasteiger partial charge in [-0.2, -0.15) is 0 Å². The van der Waals surface area contributed by atoms with E-state index in [1.165, 1.54) is 11.1 Å². The van der Waals surface area contributed by atoms with E-state index < -0.39 is 0 Å². The number of benzene rings is 2. The lowest BCUT2D eigenvalue weighted by molar-refractivity contribution is 0.242. The molecule has 3 nitrogen and oxygen atoms in total. The highest BCUT2D eigenvalue weighted by atomic mass is 16.5. The van der Waals surface area contributed by atoms with Gasteiger partial charge >= 0.3 is 0 Å². The number of nitrogen functional groups attached to an aromatic ring is 1. The Labute approximate surface area is 127 Å². The molecule has 1 unspecified atom stereocenters. The zero-order valence-electron chi connectivity index (χ0n) is 13.2. The molecule has 0 spiro atoms. The number of nitrogens with one attached hydrogen (secondary N) is 1. The van der Waals surface area contributed by atoms with Gasteiger partial charge in [0.1, 0.15) is 5.75 Å². The Morgan fingerprint density at radius 3 is 2.29 bits per heavy atom. The SMILES string of the molecule is Cc1ccc(C(C)Nc2cc(N)cc(OC(C)C)c2)cc1. The third kappa shape index (κ3) is 4.42. The van der Waals surface area contributed by atoms with Crippen LogP contribution in [0.25, 0.3) is 0 Å². The summed E-state index contributed by atoms with van der Waals surface area (Å²) < 4.78 is 5.72. The van der Waals surface area contributed by atoms with E-state index in [-0.39, 0.29) is 12.1 Å². The van der Waals surface area contributed by atoms with E-state index in [4.69, 9.17) is 10.5 Å². The molecule has 112 valence electrons. The fraction of sp³-hybridized carbons (Fsp3) is 0.333. The van der Waals surface area contributed by atoms with Crippen molar-refractivity contribution in [1.29, 1.82) is 0 Å². The first-order chi connectivity index (χ1) is 9.94. The fourth-order valence-electron chi connectivity index (χ4n) is 2.23. The number of rotatable bonds is 5. The molecule has 1 atom stereocenters. The molecular weight excluding hydrogens is 260 g/mol. The molecule has 0 aliphatic rings. The normalized spacial score (nSPS) is 12.2. The average molecular weight is 284 g/mol. The van der Waals surface area contributed by atoms with Crippen molar-refractivity contribution < 1.29 is 4.74 Å². The number of hydrogen-bond acceptors (Lipinski definition) is 3. The van der Waals surface area contributed by atoms with Gasteiger partial charge in [0.15, 0.2) is 0 Å². The van der Waals surface area contributed by atoms with Crippen LogP contribution < -0.4 is 15.8 Å². The van der Waals surface area contributed by atoms with Gasteiger partial charge in [-0.05, 0) is 39.3 Å². The second-order valence-electron chi connectivity index (χ2n) is 5.73. The monoisotopic (exact) mass is 284 g/mol. The van der Waals surface area contributed by atoms with E-state index in [1.807, 2.05) is 32.0 Å². The Morgan fingerprint density at radius 2 is 1.67 bits per heavy atom. The Kier molecular flexibility index (Phi) is 4.73. The minimum absolute atomic E-state index is 0.133. The van der Waals surface area contributed by atoms with Crippen molar-refractivity contribution in [2.24, 2.45) is 0 Å². The molecule has 0 saturated heterocycles. The Balaban J connectivity index is 2.14. The number of ether oxygens (including phenoxy) is 1. The van der Waals surface area contributed by atoms with E-state index >= 15 is 0 Å². The van der Waals surface area contributed by atoms with Crippen molar-refractivity contribution >= 4 is 11.4 Å². The van der Waals surface area contributed by atoms with E-state index in [2.05, 4.69) is 43.4 Å². The molecule has 0 amide bonds. The van der Waals surface area contributed by atoms with Crippen LogP contribution >= 0.6 is 0 Å². The van der Waals surface area contributed by atoms with Crippen molar-refractivity contribution in [3.05, 3.63) is 53.6 Å². The third-order valence-electron chi connectivity index (χ3n) is 3.26. The van der Waals surface area contributed by atoms with Gasteiger partial charge in [-0.15, -0.1) is 0 Å². The van der Waals surface area contributed by atoms with Crippen LogP contribution in [0.4, 0.5) is 11.4 Å². The average Bonchev–Trinajstić information content (AvgIpc) is 2.37. The second kappa shape index (κ2) is 6.53. The molecule has 0 aliphatic heterocycles. The van der Waals surface area contributed by atoms with Gasteiger partial charge in [-0.3, -0.25) is 0 Å². The van der Waals surface area contributed by atoms with Crippen LogP contribution in [-0.2, 0) is 0 Å². The number of aryl methyl sites for hydroxylation is 1. The predicted molar refractivity (Wildman–Crippen MR) is 89.8 cm³/mol. The molecule has 0 bridgehead atoms. The van der Waals surface area contributed by atoms with Crippen LogP contribution in [0.2, 0.25) is 0 Å². The van der Waals surface area contributed by atoms with Gasteiger partial charge in [0.25, 0.3) is 0 Å². The molecule has 0 saturated carbocycles. The molecule has 3 heteroatoms. The summed E-state index contributed by atoms with van der Waals surface area (Å²) in [5, 5.41) is 3.47. The minimum atomic E-state index is 0.133. The molecule has 0 radical (unpaired) electrons. The van der Waals surface area contributed by atoms with Gasteiger partial charge in [0.05, 0.1) is 6.10 Å². The maximum atomic E-state index is 5.95. The van der Waals surface area contributed by atoms with Gasteiger partial charge < -0.3 is 15.8 Å². The molecule has 2 aromatic carbocycles. The van der Waals surface area contributed by atoms with E-state index in [0.29, 0.717) is 5.69 Å². The molecule has 3 N–H and O–H groups in total. The van der Waals surface area contributed by atoms with Crippen LogP contribution in [-0.4, -0.2) is 6.10 Å². The zero-order valence-corrected chi connectivity index (χ0v) is 13.2. The second-order valence-corrected chi connectivity index (χ2v) is 5.73. The smallest absolute Gasteiger partial charge is 0.123 e. The molecule has 2 aromatic rings. The molecule has 0 heterocycles. The van der Waals surface area contributed by atoms with Crippen LogP contribution in [0.15, 0.2) is 42.5 Å². The highest BCUT2D eigenvalue weighted by Gasteiger charge is 2.07. The third-order valence-corrected chi connectivity index (χ3v) is 3.26. The van der Waals surface area contributed by atoms with Crippen molar-refractivity contribution in [3.63, 3.8) is 0 Å². The number of hydrogen-bond donors (Lipinski definition) is 2. The standard InChI is InChI=1S/C18H24N2O/c1-12(2)21-18-10-16(19)9-17(11-18)20-14(4)15-7-5-13(3)6-8-15/h5-12,14,20H,19H2,1-4H3. The van der Waals surface area contributed by atoms with E-state index in [1.54, 1.807) is 0 Å². The van der Waals surface area contributed by atoms with Crippen LogP contribution in [0, 0.1) is 6.92 Å². The zero-order chi connectivity index (χ0) is 15.4. The van der Waals surface area contributed by atoms with Crippen molar-refractivity contribution in [3.8, 4) is 5.75 Å². The first kappa shape index (κ1) is 15.2. The largest absolute Gasteiger partial charge is 0.491 e. The summed E-state index contributed by atoms with van der Waals surface area (Å²) in [6.07, 6.45) is 0.133. The molecule has 0 aromatic heterocycles. The summed E-state index contributed by atoms with van der Waals surface area (Å²) in [6, 6.07) is 14.5. The van der Waals surface area contributed by atoms with Gasteiger partial charge in [0.2, 0.25) is 0 Å². The van der Waals surface area contributed by atoms with Crippen LogP contribution in [0.3, 0.4) is 0 Å². The Morgan fingerprint density at radius 1 is 1.00 bits per heavy atom. The summed E-state index contributed by atoms with van der Waals surface area (Å²) >= 11 is 0.